The van der Waals surface area contributed by atoms with E-state index in [9.17, 15) is 14.9 Å². The Kier molecular flexibility index (Phi) is 7.53. The lowest BCUT2D eigenvalue weighted by molar-refractivity contribution is 0.0247. The fraction of sp³-hybridized carbons (Fsp3) is 0.433. The number of hydrogen-bond acceptors (Lipinski definition) is 8. The Labute approximate surface area is 238 Å². The van der Waals surface area contributed by atoms with Crippen molar-refractivity contribution in [3.63, 3.8) is 0 Å². The maximum absolute atomic E-state index is 15.0. The Morgan fingerprint density at radius 2 is 1.88 bits per heavy atom. The van der Waals surface area contributed by atoms with E-state index >= 15 is 4.39 Å². The molecule has 0 bridgehead atoms. The molecule has 3 aromatic rings. The highest BCUT2D eigenvalue weighted by Gasteiger charge is 2.39. The van der Waals surface area contributed by atoms with Gasteiger partial charge in [0.1, 0.15) is 17.5 Å². The minimum atomic E-state index is -0.817. The summed E-state index contributed by atoms with van der Waals surface area (Å²) in [5, 5.41) is 14.2. The molecule has 1 aliphatic carbocycles. The van der Waals surface area contributed by atoms with Gasteiger partial charge < -0.3 is 14.4 Å². The summed E-state index contributed by atoms with van der Waals surface area (Å²) < 4.78 is 28.1. The smallest absolute Gasteiger partial charge is 0.417 e. The molecule has 1 aromatic carbocycles. The first-order chi connectivity index (χ1) is 19.4. The van der Waals surface area contributed by atoms with Gasteiger partial charge in [-0.1, -0.05) is 6.07 Å². The lowest BCUT2D eigenvalue weighted by Gasteiger charge is -2.32. The Morgan fingerprint density at radius 1 is 1.15 bits per heavy atom. The largest absolute Gasteiger partial charge is 0.473 e. The topological polar surface area (TPSA) is 114 Å². The van der Waals surface area contributed by atoms with Crippen LogP contribution in [-0.2, 0) is 11.3 Å². The van der Waals surface area contributed by atoms with E-state index in [1.807, 2.05) is 6.07 Å². The van der Waals surface area contributed by atoms with E-state index in [1.54, 1.807) is 33.0 Å². The molecule has 11 heteroatoms. The van der Waals surface area contributed by atoms with Crippen LogP contribution in [0.2, 0.25) is 0 Å². The van der Waals surface area contributed by atoms with Crippen molar-refractivity contribution in [1.82, 2.24) is 24.6 Å². The monoisotopic (exact) mass is 560 g/mol. The maximum Gasteiger partial charge on any atom is 0.417 e. The molecule has 0 saturated heterocycles. The molecule has 1 fully saturated rings. The molecule has 10 nitrogen and oxygen atoms in total. The Morgan fingerprint density at radius 3 is 2.54 bits per heavy atom. The molecule has 0 atom stereocenters. The number of amides is 2. The van der Waals surface area contributed by atoms with Gasteiger partial charge in [0, 0.05) is 18.3 Å². The van der Waals surface area contributed by atoms with Crippen molar-refractivity contribution in [2.24, 2.45) is 0 Å². The number of carbonyl (C=O) groups excluding carboxylic acids is 2. The quantitative estimate of drug-likeness (QED) is 0.424. The fourth-order valence-corrected chi connectivity index (χ4v) is 5.29. The van der Waals surface area contributed by atoms with E-state index in [0.717, 1.165) is 30.6 Å². The molecule has 0 unspecified atom stereocenters. The van der Waals surface area contributed by atoms with Crippen molar-refractivity contribution in [3.05, 3.63) is 59.2 Å². The minimum Gasteiger partial charge on any atom is -0.473 e. The number of nitriles is 1. The van der Waals surface area contributed by atoms with Crippen molar-refractivity contribution >= 4 is 12.0 Å². The second-order valence-corrected chi connectivity index (χ2v) is 11.6. The van der Waals surface area contributed by atoms with Gasteiger partial charge in [0.15, 0.2) is 0 Å². The van der Waals surface area contributed by atoms with Gasteiger partial charge in [0.25, 0.3) is 5.91 Å². The average molecular weight is 561 g/mol. The van der Waals surface area contributed by atoms with E-state index in [0.29, 0.717) is 17.6 Å². The highest BCUT2D eigenvalue weighted by molar-refractivity contribution is 6.08. The molecule has 214 valence electrons. The summed E-state index contributed by atoms with van der Waals surface area (Å²) in [6, 6.07) is 9.94. The van der Waals surface area contributed by atoms with Crippen LogP contribution in [0.3, 0.4) is 0 Å². The van der Waals surface area contributed by atoms with Crippen LogP contribution in [-0.4, -0.2) is 68.4 Å². The second-order valence-electron chi connectivity index (χ2n) is 11.6. The van der Waals surface area contributed by atoms with Crippen LogP contribution in [0.5, 0.6) is 5.88 Å². The van der Waals surface area contributed by atoms with Crippen molar-refractivity contribution < 1.29 is 23.5 Å². The normalized spacial score (nSPS) is 18.8. The molecule has 3 heterocycles. The fourth-order valence-electron chi connectivity index (χ4n) is 5.29. The van der Waals surface area contributed by atoms with Gasteiger partial charge in [-0.15, -0.1) is 5.10 Å². The van der Waals surface area contributed by atoms with Crippen molar-refractivity contribution in [3.8, 4) is 28.9 Å². The van der Waals surface area contributed by atoms with E-state index in [4.69, 9.17) is 9.47 Å². The minimum absolute atomic E-state index is 0.00324. The maximum atomic E-state index is 15.0. The SMILES string of the molecule is CN(C)C1CCC(Oc2ccn(-c3cc(-c4c(F)cccc4C#N)nc4c3C(=O)N(C(=O)OC(C)(C)C)C4)n2)CC1. The number of aromatic nitrogens is 3. The number of halogens is 1. The standard InChI is InChI=1S/C30H33FN6O4/c1-30(2,3)41-29(39)36-17-23-27(28(36)38)24(15-22(33-23)26-18(16-32)7-6-8-21(26)31)37-14-13-25(34-37)40-20-11-9-19(10-12-20)35(4)5/h6-8,13-15,19-20H,9-12,17H2,1-5H3. The van der Waals surface area contributed by atoms with E-state index in [2.05, 4.69) is 29.1 Å². The molecule has 0 N–H and O–H groups in total. The summed E-state index contributed by atoms with van der Waals surface area (Å²) >= 11 is 0. The number of hydrogen-bond donors (Lipinski definition) is 0. The summed E-state index contributed by atoms with van der Waals surface area (Å²) in [6.45, 7) is 4.96. The van der Waals surface area contributed by atoms with Gasteiger partial charge in [-0.05, 0) is 78.7 Å². The Hall–Kier alpha value is -4.30. The molecule has 2 amide bonds. The molecule has 1 aliphatic heterocycles. The number of benzene rings is 1. The predicted molar refractivity (Wildman–Crippen MR) is 148 cm³/mol. The first-order valence-electron chi connectivity index (χ1n) is 13.6. The molecule has 2 aliphatic rings. The highest BCUT2D eigenvalue weighted by atomic mass is 19.1. The summed E-state index contributed by atoms with van der Waals surface area (Å²) in [5.41, 5.74) is 0.114. The third kappa shape index (κ3) is 5.79. The zero-order valence-corrected chi connectivity index (χ0v) is 23.8. The lowest BCUT2D eigenvalue weighted by atomic mass is 9.92. The number of carbonyl (C=O) groups is 2. The number of ether oxygens (including phenoxy) is 2. The molecular weight excluding hydrogens is 527 g/mol. The van der Waals surface area contributed by atoms with Crippen LogP contribution in [0.1, 0.15) is 68.1 Å². The van der Waals surface area contributed by atoms with Crippen molar-refractivity contribution in [2.75, 3.05) is 14.1 Å². The zero-order valence-electron chi connectivity index (χ0n) is 23.8. The van der Waals surface area contributed by atoms with Crippen LogP contribution in [0, 0.1) is 17.1 Å². The number of fused-ring (bicyclic) bond motifs is 1. The van der Waals surface area contributed by atoms with Gasteiger partial charge in [-0.25, -0.2) is 23.8 Å². The molecule has 5 rings (SSSR count). The van der Waals surface area contributed by atoms with Gasteiger partial charge >= 0.3 is 6.09 Å². The first kappa shape index (κ1) is 28.2. The van der Waals surface area contributed by atoms with E-state index in [-0.39, 0.29) is 40.7 Å². The molecule has 2 aromatic heterocycles. The summed E-state index contributed by atoms with van der Waals surface area (Å²) in [4.78, 5) is 34.2. The van der Waals surface area contributed by atoms with Crippen molar-refractivity contribution in [1.29, 1.82) is 5.26 Å². The number of rotatable bonds is 5. The van der Waals surface area contributed by atoms with Gasteiger partial charge in [-0.2, -0.15) is 5.26 Å². The van der Waals surface area contributed by atoms with Crippen LogP contribution in [0.15, 0.2) is 36.5 Å². The van der Waals surface area contributed by atoms with Crippen molar-refractivity contribution in [2.45, 2.75) is 70.7 Å². The first-order valence-corrected chi connectivity index (χ1v) is 13.6. The van der Waals surface area contributed by atoms with E-state index in [1.165, 1.54) is 28.9 Å². The number of nitrogens with zero attached hydrogens (tertiary/aromatic N) is 6. The van der Waals surface area contributed by atoms with Crippen LogP contribution in [0.4, 0.5) is 9.18 Å². The number of imide groups is 1. The summed E-state index contributed by atoms with van der Waals surface area (Å²) in [5.74, 6) is -0.839. The van der Waals surface area contributed by atoms with Crippen LogP contribution in [0.25, 0.3) is 16.9 Å². The molecule has 0 spiro atoms. The second kappa shape index (κ2) is 10.9. The lowest BCUT2D eigenvalue weighted by Crippen LogP contribution is -2.37. The average Bonchev–Trinajstić information content (AvgIpc) is 3.51. The van der Waals surface area contributed by atoms with Gasteiger partial charge in [-0.3, -0.25) is 4.79 Å². The summed E-state index contributed by atoms with van der Waals surface area (Å²) in [6.07, 6.45) is 4.71. The van der Waals surface area contributed by atoms with Gasteiger partial charge in [0.2, 0.25) is 5.88 Å². The van der Waals surface area contributed by atoms with Gasteiger partial charge in [0.05, 0.1) is 46.4 Å². The zero-order chi connectivity index (χ0) is 29.5. The number of pyridine rings is 1. The third-order valence-corrected chi connectivity index (χ3v) is 7.32. The Balaban J connectivity index is 1.52. The van der Waals surface area contributed by atoms with Crippen LogP contribution < -0.4 is 4.74 Å². The predicted octanol–water partition coefficient (Wildman–Crippen LogP) is 5.09. The molecular formula is C30H33FN6O4. The van der Waals surface area contributed by atoms with Crippen LogP contribution >= 0.6 is 0 Å². The molecule has 1 saturated carbocycles. The highest BCUT2D eigenvalue weighted by Crippen LogP contribution is 2.35. The summed E-state index contributed by atoms with van der Waals surface area (Å²) in [7, 11) is 4.17. The molecule has 0 radical (unpaired) electrons. The molecule has 41 heavy (non-hydrogen) atoms. The third-order valence-electron chi connectivity index (χ3n) is 7.32. The van der Waals surface area contributed by atoms with E-state index < -0.39 is 23.4 Å². The Bertz CT molecular complexity index is 1530.